The second-order valence-electron chi connectivity index (χ2n) is 6.13. The van der Waals surface area contributed by atoms with Gasteiger partial charge in [-0.05, 0) is 26.2 Å². The summed E-state index contributed by atoms with van der Waals surface area (Å²) in [5, 5.41) is 8.38. The van der Waals surface area contributed by atoms with E-state index in [4.69, 9.17) is 0 Å². The van der Waals surface area contributed by atoms with Crippen LogP contribution in [0, 0.1) is 0 Å². The number of nitrogens with one attached hydrogen (secondary N) is 1. The fourth-order valence-electron chi connectivity index (χ4n) is 3.29. The van der Waals surface area contributed by atoms with Crippen LogP contribution < -0.4 is 9.62 Å². The van der Waals surface area contributed by atoms with Crippen LogP contribution >= 0.6 is 0 Å². The van der Waals surface area contributed by atoms with E-state index in [0.29, 0.717) is 25.4 Å². The lowest BCUT2D eigenvalue weighted by Crippen LogP contribution is -2.36. The first-order valence-corrected chi connectivity index (χ1v) is 9.78. The van der Waals surface area contributed by atoms with Crippen molar-refractivity contribution in [2.75, 3.05) is 24.5 Å². The second kappa shape index (κ2) is 6.16. The molecule has 22 heavy (non-hydrogen) atoms. The van der Waals surface area contributed by atoms with Gasteiger partial charge in [-0.3, -0.25) is 4.57 Å². The summed E-state index contributed by atoms with van der Waals surface area (Å²) in [7, 11) is -3.22. The first-order valence-electron chi connectivity index (χ1n) is 8.23. The van der Waals surface area contributed by atoms with Crippen LogP contribution in [-0.4, -0.2) is 48.1 Å². The maximum atomic E-state index is 12.2. The van der Waals surface area contributed by atoms with Gasteiger partial charge in [-0.1, -0.05) is 13.3 Å². The monoisotopic (exact) mass is 327 g/mol. The Morgan fingerprint density at radius 3 is 2.59 bits per heavy atom. The van der Waals surface area contributed by atoms with Crippen molar-refractivity contribution in [3.05, 3.63) is 5.82 Å². The maximum Gasteiger partial charge on any atom is 0.227 e. The molecule has 124 valence electrons. The molecule has 1 aliphatic heterocycles. The molecule has 1 saturated heterocycles. The van der Waals surface area contributed by atoms with Crippen LogP contribution in [0.3, 0.4) is 0 Å². The quantitative estimate of drug-likeness (QED) is 0.846. The molecule has 1 atom stereocenters. The van der Waals surface area contributed by atoms with E-state index in [1.165, 1.54) is 19.3 Å². The molecule has 0 aromatic carbocycles. The molecule has 1 unspecified atom stereocenters. The minimum atomic E-state index is -3.22. The summed E-state index contributed by atoms with van der Waals surface area (Å²) in [6.07, 6.45) is 4.29. The van der Waals surface area contributed by atoms with Crippen LogP contribution in [0.4, 0.5) is 5.95 Å². The molecule has 1 aliphatic carbocycles. The molecule has 7 nitrogen and oxygen atoms in total. The van der Waals surface area contributed by atoms with Gasteiger partial charge < -0.3 is 4.90 Å². The normalized spacial score (nSPS) is 23.0. The summed E-state index contributed by atoms with van der Waals surface area (Å²) in [6.45, 7) is 6.39. The van der Waals surface area contributed by atoms with Gasteiger partial charge in [0.1, 0.15) is 5.82 Å². The van der Waals surface area contributed by atoms with Gasteiger partial charge >= 0.3 is 0 Å². The van der Waals surface area contributed by atoms with Gasteiger partial charge in [-0.25, -0.2) is 13.1 Å². The molecule has 0 bridgehead atoms. The number of hydrogen-bond acceptors (Lipinski definition) is 5. The van der Waals surface area contributed by atoms with Crippen LogP contribution in [0.15, 0.2) is 0 Å². The lowest BCUT2D eigenvalue weighted by atomic mass is 9.85. The van der Waals surface area contributed by atoms with E-state index in [9.17, 15) is 8.42 Å². The van der Waals surface area contributed by atoms with E-state index in [2.05, 4.69) is 31.3 Å². The van der Waals surface area contributed by atoms with Crippen LogP contribution in [0.25, 0.3) is 0 Å². The van der Waals surface area contributed by atoms with E-state index in [-0.39, 0.29) is 5.25 Å². The van der Waals surface area contributed by atoms with Gasteiger partial charge in [0, 0.05) is 32.1 Å². The Balaban J connectivity index is 1.77. The first-order chi connectivity index (χ1) is 10.6. The van der Waals surface area contributed by atoms with Crippen molar-refractivity contribution in [3.63, 3.8) is 0 Å². The SMILES string of the molecule is CCNS(=O)(=O)C1CCN(c2nnc(C3CCC3)n2CC)C1. The summed E-state index contributed by atoms with van der Waals surface area (Å²) < 4.78 is 29.1. The lowest BCUT2D eigenvalue weighted by Gasteiger charge is -2.26. The van der Waals surface area contributed by atoms with Crippen molar-refractivity contribution in [2.24, 2.45) is 0 Å². The molecule has 2 aliphatic rings. The lowest BCUT2D eigenvalue weighted by molar-refractivity contribution is 0.388. The number of rotatable bonds is 6. The standard InChI is InChI=1S/C14H25N5O2S/c1-3-15-22(20,21)12-8-9-18(10-12)14-17-16-13(19(14)4-2)11-6-5-7-11/h11-12,15H,3-10H2,1-2H3. The van der Waals surface area contributed by atoms with Gasteiger partial charge in [0.15, 0.2) is 0 Å². The smallest absolute Gasteiger partial charge is 0.227 e. The molecule has 0 amide bonds. The van der Waals surface area contributed by atoms with Crippen LogP contribution in [0.5, 0.6) is 0 Å². The third kappa shape index (κ3) is 2.74. The van der Waals surface area contributed by atoms with Crippen molar-refractivity contribution >= 4 is 16.0 Å². The van der Waals surface area contributed by atoms with E-state index in [0.717, 1.165) is 24.9 Å². The topological polar surface area (TPSA) is 80.1 Å². The molecule has 3 rings (SSSR count). The summed E-state index contributed by atoms with van der Waals surface area (Å²) in [4.78, 5) is 2.07. The average molecular weight is 327 g/mol. The molecule has 8 heteroatoms. The van der Waals surface area contributed by atoms with Crippen molar-refractivity contribution < 1.29 is 8.42 Å². The molecular formula is C14H25N5O2S. The summed E-state index contributed by atoms with van der Waals surface area (Å²) >= 11 is 0. The molecule has 0 radical (unpaired) electrons. The third-order valence-electron chi connectivity index (χ3n) is 4.76. The minimum absolute atomic E-state index is 0.360. The Morgan fingerprint density at radius 1 is 1.23 bits per heavy atom. The Labute approximate surface area is 132 Å². The predicted molar refractivity (Wildman–Crippen MR) is 85.5 cm³/mol. The van der Waals surface area contributed by atoms with Gasteiger partial charge in [-0.15, -0.1) is 10.2 Å². The van der Waals surface area contributed by atoms with Gasteiger partial charge in [0.25, 0.3) is 0 Å². The van der Waals surface area contributed by atoms with Crippen LogP contribution in [-0.2, 0) is 16.6 Å². The van der Waals surface area contributed by atoms with Gasteiger partial charge in [0.2, 0.25) is 16.0 Å². The molecule has 1 saturated carbocycles. The van der Waals surface area contributed by atoms with Gasteiger partial charge in [0.05, 0.1) is 5.25 Å². The Hall–Kier alpha value is -1.15. The zero-order valence-corrected chi connectivity index (χ0v) is 14.1. The van der Waals surface area contributed by atoms with Crippen molar-refractivity contribution in [1.29, 1.82) is 0 Å². The average Bonchev–Trinajstić information content (AvgIpc) is 3.02. The first kappa shape index (κ1) is 15.7. The predicted octanol–water partition coefficient (Wildman–Crippen LogP) is 1.08. The van der Waals surface area contributed by atoms with E-state index in [1.807, 2.05) is 6.92 Å². The number of aromatic nitrogens is 3. The Kier molecular flexibility index (Phi) is 4.40. The van der Waals surface area contributed by atoms with Crippen LogP contribution in [0.2, 0.25) is 0 Å². The highest BCUT2D eigenvalue weighted by Gasteiger charge is 2.35. The zero-order valence-electron chi connectivity index (χ0n) is 13.3. The number of anilines is 1. The molecule has 1 aromatic rings. The fraction of sp³-hybridized carbons (Fsp3) is 0.857. The highest BCUT2D eigenvalue weighted by Crippen LogP contribution is 2.36. The van der Waals surface area contributed by atoms with E-state index < -0.39 is 10.0 Å². The zero-order chi connectivity index (χ0) is 15.7. The number of nitrogens with zero attached hydrogens (tertiary/aromatic N) is 4. The molecular weight excluding hydrogens is 302 g/mol. The Morgan fingerprint density at radius 2 is 2.00 bits per heavy atom. The largest absolute Gasteiger partial charge is 0.340 e. The molecule has 2 heterocycles. The summed E-state index contributed by atoms with van der Waals surface area (Å²) in [6, 6.07) is 0. The molecule has 1 N–H and O–H groups in total. The summed E-state index contributed by atoms with van der Waals surface area (Å²) in [5.74, 6) is 2.44. The summed E-state index contributed by atoms with van der Waals surface area (Å²) in [5.41, 5.74) is 0. The number of hydrogen-bond donors (Lipinski definition) is 1. The van der Waals surface area contributed by atoms with Crippen molar-refractivity contribution in [1.82, 2.24) is 19.5 Å². The van der Waals surface area contributed by atoms with Gasteiger partial charge in [-0.2, -0.15) is 0 Å². The van der Waals surface area contributed by atoms with E-state index in [1.54, 1.807) is 0 Å². The van der Waals surface area contributed by atoms with Crippen molar-refractivity contribution in [3.8, 4) is 0 Å². The Bertz CT molecular complexity index is 623. The number of sulfonamides is 1. The van der Waals surface area contributed by atoms with E-state index >= 15 is 0 Å². The minimum Gasteiger partial charge on any atom is -0.340 e. The molecule has 2 fully saturated rings. The maximum absolute atomic E-state index is 12.2. The van der Waals surface area contributed by atoms with Crippen molar-refractivity contribution in [2.45, 2.75) is 57.2 Å². The molecule has 1 aromatic heterocycles. The highest BCUT2D eigenvalue weighted by atomic mass is 32.2. The second-order valence-corrected chi connectivity index (χ2v) is 8.18. The highest BCUT2D eigenvalue weighted by molar-refractivity contribution is 7.90. The molecule has 0 spiro atoms. The fourth-order valence-corrected chi connectivity index (χ4v) is 4.72. The third-order valence-corrected chi connectivity index (χ3v) is 6.71. The van der Waals surface area contributed by atoms with Crippen LogP contribution in [0.1, 0.15) is 51.3 Å².